The fourth-order valence-electron chi connectivity index (χ4n) is 1.83. The second-order valence-corrected chi connectivity index (χ2v) is 5.90. The molecule has 1 aromatic carbocycles. The maximum Gasteiger partial charge on any atom is 0.241 e. The van der Waals surface area contributed by atoms with Gasteiger partial charge in [0.2, 0.25) is 10.0 Å². The van der Waals surface area contributed by atoms with Crippen LogP contribution in [0.5, 0.6) is 0 Å². The van der Waals surface area contributed by atoms with Gasteiger partial charge in [-0.3, -0.25) is 0 Å². The highest BCUT2D eigenvalue weighted by atomic mass is 32.2. The summed E-state index contributed by atoms with van der Waals surface area (Å²) in [7, 11) is -3.86. The number of nitrogens with one attached hydrogen (secondary N) is 2. The number of rotatable bonds is 4. The van der Waals surface area contributed by atoms with Crippen LogP contribution < -0.4 is 10.5 Å². The van der Waals surface area contributed by atoms with Crippen LogP contribution in [0.15, 0.2) is 11.0 Å². The molecule has 0 atom stereocenters. The van der Waals surface area contributed by atoms with Crippen molar-refractivity contribution in [1.29, 1.82) is 0 Å². The van der Waals surface area contributed by atoms with Gasteiger partial charge in [0, 0.05) is 0 Å². The molecule has 1 heterocycles. The highest BCUT2D eigenvalue weighted by Crippen LogP contribution is 2.27. The highest BCUT2D eigenvalue weighted by Gasteiger charge is 2.23. The molecule has 0 fully saturated rings. The smallest absolute Gasteiger partial charge is 0.241 e. The summed E-state index contributed by atoms with van der Waals surface area (Å²) < 4.78 is 40.3. The van der Waals surface area contributed by atoms with Gasteiger partial charge in [0.05, 0.1) is 17.1 Å². The molecular weight excluding hydrogens is 287 g/mol. The zero-order valence-electron chi connectivity index (χ0n) is 10.8. The lowest BCUT2D eigenvalue weighted by atomic mass is 10.1. The van der Waals surface area contributed by atoms with Crippen molar-refractivity contribution in [2.75, 3.05) is 5.73 Å². The number of hydrogen-bond acceptors (Lipinski definition) is 6. The average Bonchev–Trinajstić information content (AvgIpc) is 2.86. The van der Waals surface area contributed by atoms with Crippen LogP contribution in [0.2, 0.25) is 0 Å². The molecule has 108 valence electrons. The summed E-state index contributed by atoms with van der Waals surface area (Å²) in [6, 6.07) is 1.09. The van der Waals surface area contributed by atoms with Crippen LogP contribution in [-0.4, -0.2) is 29.0 Å². The molecule has 1 aromatic heterocycles. The van der Waals surface area contributed by atoms with Crippen LogP contribution >= 0.6 is 0 Å². The number of halogens is 1. The number of aromatic amines is 1. The van der Waals surface area contributed by atoms with Crippen molar-refractivity contribution in [3.8, 4) is 0 Å². The Morgan fingerprint density at radius 2 is 2.15 bits per heavy atom. The lowest BCUT2D eigenvalue weighted by Gasteiger charge is -2.13. The molecule has 2 aromatic rings. The maximum atomic E-state index is 13.4. The van der Waals surface area contributed by atoms with E-state index in [1.807, 2.05) is 0 Å². The minimum atomic E-state index is -3.86. The molecule has 20 heavy (non-hydrogen) atoms. The van der Waals surface area contributed by atoms with Crippen molar-refractivity contribution >= 4 is 15.7 Å². The van der Waals surface area contributed by atoms with Gasteiger partial charge in [-0.15, -0.1) is 10.2 Å². The topological polar surface area (TPSA) is 127 Å². The summed E-state index contributed by atoms with van der Waals surface area (Å²) in [6.45, 7) is 2.82. The van der Waals surface area contributed by atoms with Gasteiger partial charge in [0.1, 0.15) is 5.82 Å². The molecule has 0 aliphatic rings. The fraction of sp³-hybridized carbons (Fsp3) is 0.300. The first kappa shape index (κ1) is 14.3. The molecule has 0 aliphatic carbocycles. The Morgan fingerprint density at radius 3 is 2.75 bits per heavy atom. The number of aromatic nitrogens is 4. The third kappa shape index (κ3) is 2.60. The molecule has 0 amide bonds. The molecule has 0 aliphatic heterocycles. The van der Waals surface area contributed by atoms with Crippen LogP contribution in [0.3, 0.4) is 0 Å². The van der Waals surface area contributed by atoms with Gasteiger partial charge in [0.25, 0.3) is 0 Å². The monoisotopic (exact) mass is 300 g/mol. The number of tetrazole rings is 1. The minimum absolute atomic E-state index is 0.0418. The van der Waals surface area contributed by atoms with Crippen molar-refractivity contribution in [2.24, 2.45) is 0 Å². The third-order valence-electron chi connectivity index (χ3n) is 2.78. The SMILES string of the molecule is Cc1cc(F)c(N)c(C)c1S(=O)(=O)NCc1nn[nH]n1. The van der Waals surface area contributed by atoms with Crippen molar-refractivity contribution in [1.82, 2.24) is 25.3 Å². The van der Waals surface area contributed by atoms with E-state index in [-0.39, 0.29) is 34.1 Å². The molecular formula is C10H13FN6O2S. The zero-order valence-corrected chi connectivity index (χ0v) is 11.6. The molecule has 10 heteroatoms. The number of sulfonamides is 1. The molecule has 0 saturated heterocycles. The first-order valence-corrected chi connectivity index (χ1v) is 7.08. The van der Waals surface area contributed by atoms with Crippen LogP contribution in [0, 0.1) is 19.7 Å². The van der Waals surface area contributed by atoms with Crippen LogP contribution in [0.25, 0.3) is 0 Å². The van der Waals surface area contributed by atoms with Gasteiger partial charge in [-0.25, -0.2) is 17.5 Å². The van der Waals surface area contributed by atoms with Crippen LogP contribution in [0.4, 0.5) is 10.1 Å². The van der Waals surface area contributed by atoms with E-state index in [1.54, 1.807) is 0 Å². The summed E-state index contributed by atoms with van der Waals surface area (Å²) >= 11 is 0. The van der Waals surface area contributed by atoms with E-state index in [1.165, 1.54) is 13.8 Å². The largest absolute Gasteiger partial charge is 0.396 e. The van der Waals surface area contributed by atoms with Gasteiger partial charge in [0.15, 0.2) is 5.82 Å². The van der Waals surface area contributed by atoms with E-state index in [4.69, 9.17) is 5.73 Å². The molecule has 8 nitrogen and oxygen atoms in total. The zero-order chi connectivity index (χ0) is 14.9. The number of H-pyrrole nitrogens is 1. The lowest BCUT2D eigenvalue weighted by Crippen LogP contribution is -2.26. The Bertz CT molecular complexity index is 729. The number of hydrogen-bond donors (Lipinski definition) is 3. The van der Waals surface area contributed by atoms with Gasteiger partial charge in [-0.2, -0.15) is 5.21 Å². The first-order valence-electron chi connectivity index (χ1n) is 5.60. The van der Waals surface area contributed by atoms with Crippen molar-refractivity contribution in [3.63, 3.8) is 0 Å². The van der Waals surface area contributed by atoms with E-state index in [0.717, 1.165) is 6.07 Å². The second kappa shape index (κ2) is 5.13. The number of aryl methyl sites for hydroxylation is 1. The molecule has 4 N–H and O–H groups in total. The average molecular weight is 300 g/mol. The Hall–Kier alpha value is -2.07. The van der Waals surface area contributed by atoms with E-state index in [9.17, 15) is 12.8 Å². The normalized spacial score (nSPS) is 11.8. The number of nitrogens with two attached hydrogens (primary N) is 1. The predicted octanol–water partition coefficient (Wildman–Crippen LogP) is 0.0163. The second-order valence-electron chi connectivity index (χ2n) is 4.20. The Labute approximate surface area is 114 Å². The number of nitrogen functional groups attached to an aromatic ring is 1. The van der Waals surface area contributed by atoms with Crippen molar-refractivity contribution in [2.45, 2.75) is 25.3 Å². The van der Waals surface area contributed by atoms with Gasteiger partial charge < -0.3 is 5.73 Å². The van der Waals surface area contributed by atoms with E-state index in [0.29, 0.717) is 0 Å². The summed E-state index contributed by atoms with van der Waals surface area (Å²) in [5, 5.41) is 12.8. The lowest BCUT2D eigenvalue weighted by molar-refractivity contribution is 0.577. The van der Waals surface area contributed by atoms with Crippen LogP contribution in [-0.2, 0) is 16.6 Å². The fourth-order valence-corrected chi connectivity index (χ4v) is 3.29. The summed E-state index contributed by atoms with van der Waals surface area (Å²) in [6.07, 6.45) is 0. The van der Waals surface area contributed by atoms with E-state index in [2.05, 4.69) is 25.3 Å². The molecule has 0 unspecified atom stereocenters. The standard InChI is InChI=1S/C10H13FN6O2S/c1-5-3-7(11)9(12)6(2)10(5)20(18,19)13-4-8-14-16-17-15-8/h3,13H,4,12H2,1-2H3,(H,14,15,16,17). The van der Waals surface area contributed by atoms with Gasteiger partial charge in [-0.05, 0) is 31.0 Å². The van der Waals surface area contributed by atoms with E-state index >= 15 is 0 Å². The quantitative estimate of drug-likeness (QED) is 0.683. The van der Waals surface area contributed by atoms with Crippen LogP contribution in [0.1, 0.15) is 17.0 Å². The molecule has 0 radical (unpaired) electrons. The summed E-state index contributed by atoms with van der Waals surface area (Å²) in [4.78, 5) is -0.0418. The Balaban J connectivity index is 2.37. The highest BCUT2D eigenvalue weighted by molar-refractivity contribution is 7.89. The summed E-state index contributed by atoms with van der Waals surface area (Å²) in [5.41, 5.74) is 5.79. The molecule has 0 spiro atoms. The first-order chi connectivity index (χ1) is 9.33. The Morgan fingerprint density at radius 1 is 1.45 bits per heavy atom. The Kier molecular flexibility index (Phi) is 3.68. The predicted molar refractivity (Wildman–Crippen MR) is 68.5 cm³/mol. The molecule has 0 saturated carbocycles. The van der Waals surface area contributed by atoms with Gasteiger partial charge in [-0.1, -0.05) is 5.21 Å². The van der Waals surface area contributed by atoms with Gasteiger partial charge >= 0.3 is 0 Å². The summed E-state index contributed by atoms with van der Waals surface area (Å²) in [5.74, 6) is -0.448. The molecule has 2 rings (SSSR count). The molecule has 0 bridgehead atoms. The number of nitrogens with zero attached hydrogens (tertiary/aromatic N) is 3. The minimum Gasteiger partial charge on any atom is -0.396 e. The van der Waals surface area contributed by atoms with Crippen molar-refractivity contribution < 1.29 is 12.8 Å². The van der Waals surface area contributed by atoms with E-state index < -0.39 is 15.8 Å². The number of benzene rings is 1. The van der Waals surface area contributed by atoms with Crippen molar-refractivity contribution in [3.05, 3.63) is 28.8 Å². The maximum absolute atomic E-state index is 13.4. The number of anilines is 1. The third-order valence-corrected chi connectivity index (χ3v) is 4.47.